The maximum atomic E-state index is 13.8. The Kier molecular flexibility index (Phi) is 8.40. The molecular weight excluding hydrogens is 555 g/mol. The molecule has 3 aromatic rings. The highest BCUT2D eigenvalue weighted by Crippen LogP contribution is 2.42. The van der Waals surface area contributed by atoms with E-state index in [-0.39, 0.29) is 36.7 Å². The number of anilines is 1. The number of nitrogens with one attached hydrogen (secondary N) is 1. The Morgan fingerprint density at radius 3 is 2.44 bits per heavy atom. The van der Waals surface area contributed by atoms with Crippen LogP contribution in [-0.4, -0.2) is 92.3 Å². The van der Waals surface area contributed by atoms with Gasteiger partial charge in [-0.05, 0) is 50.1 Å². The van der Waals surface area contributed by atoms with E-state index in [9.17, 15) is 22.4 Å². The highest BCUT2D eigenvalue weighted by Gasteiger charge is 2.32. The Balaban J connectivity index is 1.61. The van der Waals surface area contributed by atoms with Crippen molar-refractivity contribution in [3.05, 3.63) is 47.5 Å². The summed E-state index contributed by atoms with van der Waals surface area (Å²) in [7, 11) is -2.60. The fraction of sp³-hybridized carbons (Fsp3) is 0.481. The van der Waals surface area contributed by atoms with Crippen LogP contribution < -0.4 is 9.62 Å². The first-order valence-electron chi connectivity index (χ1n) is 13.6. The number of hydrogen-bond acceptors (Lipinski definition) is 9. The van der Waals surface area contributed by atoms with E-state index in [1.54, 1.807) is 34.7 Å². The van der Waals surface area contributed by atoms with Crippen LogP contribution in [0.15, 0.2) is 30.3 Å². The zero-order chi connectivity index (χ0) is 29.1. The van der Waals surface area contributed by atoms with Gasteiger partial charge in [-0.25, -0.2) is 32.0 Å². The molecule has 2 amide bonds. The number of nitrogens with zero attached hydrogens (tertiary/aromatic N) is 5. The first-order valence-corrected chi connectivity index (χ1v) is 15.3. The zero-order valence-corrected chi connectivity index (χ0v) is 23.8. The predicted molar refractivity (Wildman–Crippen MR) is 149 cm³/mol. The van der Waals surface area contributed by atoms with E-state index in [0.29, 0.717) is 43.2 Å². The van der Waals surface area contributed by atoms with Gasteiger partial charge < -0.3 is 19.3 Å². The minimum Gasteiger partial charge on any atom is -0.450 e. The molecule has 12 nitrogen and oxygen atoms in total. The van der Waals surface area contributed by atoms with Crippen LogP contribution in [-0.2, 0) is 19.5 Å². The lowest BCUT2D eigenvalue weighted by Gasteiger charge is -2.36. The van der Waals surface area contributed by atoms with Crippen LogP contribution in [0.4, 0.5) is 14.9 Å². The number of pyridine rings is 1. The van der Waals surface area contributed by atoms with Crippen molar-refractivity contribution in [2.75, 3.05) is 57.2 Å². The van der Waals surface area contributed by atoms with Crippen LogP contribution in [0.25, 0.3) is 16.7 Å². The number of benzene rings is 1. The molecule has 2 aromatic heterocycles. The number of piperazine rings is 1. The largest absolute Gasteiger partial charge is 0.450 e. The predicted octanol–water partition coefficient (Wildman–Crippen LogP) is 2.81. The first kappa shape index (κ1) is 28.7. The standard InChI is InChI=1S/C27H33FN6O6S/c1-3-40-27(36)33-13-11-32(12-14-33)22-17-21(26(35)31-41(37,38)16-15-39-2)29-25-23(22)24(18-5-4-6-18)30-34(25)20-9-7-19(28)8-10-20/h7-10,17-18H,3-6,11-16H2,1-2H3,(H,31,35). The number of fused-ring (bicyclic) bond motifs is 1. The molecule has 0 unspecified atom stereocenters. The smallest absolute Gasteiger partial charge is 0.409 e. The maximum absolute atomic E-state index is 13.8. The van der Waals surface area contributed by atoms with Gasteiger partial charge in [0.1, 0.15) is 11.5 Å². The summed E-state index contributed by atoms with van der Waals surface area (Å²) in [6, 6.07) is 7.38. The summed E-state index contributed by atoms with van der Waals surface area (Å²) in [5.41, 5.74) is 2.31. The number of halogens is 1. The SMILES string of the molecule is CCOC(=O)N1CCN(c2cc(C(=O)NS(=O)(=O)CCOC)nc3c2c(C2CCC2)nn3-c2ccc(F)cc2)CC1. The Bertz CT molecular complexity index is 1530. The second kappa shape index (κ2) is 12.0. The lowest BCUT2D eigenvalue weighted by Crippen LogP contribution is -2.49. The molecule has 0 spiro atoms. The zero-order valence-electron chi connectivity index (χ0n) is 23.0. The molecule has 14 heteroatoms. The van der Waals surface area contributed by atoms with Gasteiger partial charge in [-0.2, -0.15) is 5.10 Å². The third-order valence-corrected chi connectivity index (χ3v) is 8.59. The second-order valence-corrected chi connectivity index (χ2v) is 11.9. The summed E-state index contributed by atoms with van der Waals surface area (Å²) in [6.07, 6.45) is 2.58. The second-order valence-electron chi connectivity index (χ2n) is 10.0. The van der Waals surface area contributed by atoms with Gasteiger partial charge in [-0.3, -0.25) is 4.79 Å². The number of aromatic nitrogens is 3. The number of carbonyl (C=O) groups excluding carboxylic acids is 2. The van der Waals surface area contributed by atoms with Gasteiger partial charge in [0.25, 0.3) is 5.91 Å². The quantitative estimate of drug-likeness (QED) is 0.400. The van der Waals surface area contributed by atoms with E-state index in [2.05, 4.69) is 14.6 Å². The molecule has 0 atom stereocenters. The van der Waals surface area contributed by atoms with Crippen LogP contribution in [0.5, 0.6) is 0 Å². The third kappa shape index (κ3) is 6.12. The number of ether oxygens (including phenoxy) is 2. The van der Waals surface area contributed by atoms with Crippen molar-refractivity contribution in [3.63, 3.8) is 0 Å². The normalized spacial score (nSPS) is 16.1. The van der Waals surface area contributed by atoms with Crippen molar-refractivity contribution in [2.24, 2.45) is 0 Å². The molecule has 0 bridgehead atoms. The van der Waals surface area contributed by atoms with E-state index >= 15 is 0 Å². The fourth-order valence-electron chi connectivity index (χ4n) is 5.00. The van der Waals surface area contributed by atoms with Crippen LogP contribution in [0.1, 0.15) is 48.3 Å². The number of hydrogen-bond donors (Lipinski definition) is 1. The summed E-state index contributed by atoms with van der Waals surface area (Å²) in [4.78, 5) is 33.8. The highest BCUT2D eigenvalue weighted by atomic mass is 32.2. The molecule has 1 aliphatic carbocycles. The molecule has 1 saturated heterocycles. The van der Waals surface area contributed by atoms with Gasteiger partial charge in [-0.15, -0.1) is 0 Å². The van der Waals surface area contributed by atoms with Crippen LogP contribution >= 0.6 is 0 Å². The van der Waals surface area contributed by atoms with Gasteiger partial charge in [0.2, 0.25) is 10.0 Å². The van der Waals surface area contributed by atoms with Gasteiger partial charge >= 0.3 is 6.09 Å². The Hall–Kier alpha value is -3.78. The lowest BCUT2D eigenvalue weighted by molar-refractivity contribution is 0.0976. The van der Waals surface area contributed by atoms with Crippen LogP contribution in [0, 0.1) is 5.82 Å². The molecular formula is C27H33FN6O6S. The Labute approximate surface area is 237 Å². The minimum atomic E-state index is -3.97. The van der Waals surface area contributed by atoms with Gasteiger partial charge in [0.15, 0.2) is 5.65 Å². The van der Waals surface area contributed by atoms with Crippen molar-refractivity contribution < 1.29 is 31.9 Å². The molecule has 2 fully saturated rings. The molecule has 3 heterocycles. The van der Waals surface area contributed by atoms with Crippen LogP contribution in [0.2, 0.25) is 0 Å². The highest BCUT2D eigenvalue weighted by molar-refractivity contribution is 7.90. The number of methoxy groups -OCH3 is 1. The van der Waals surface area contributed by atoms with Gasteiger partial charge in [0, 0.05) is 39.2 Å². The van der Waals surface area contributed by atoms with E-state index < -0.39 is 21.7 Å². The van der Waals surface area contributed by atoms with Gasteiger partial charge in [0.05, 0.1) is 41.4 Å². The first-order chi connectivity index (χ1) is 19.7. The number of rotatable bonds is 9. The minimum absolute atomic E-state index is 0.0762. The summed E-state index contributed by atoms with van der Waals surface area (Å²) in [6.45, 7) is 3.68. The average Bonchev–Trinajstić information content (AvgIpc) is 3.30. The van der Waals surface area contributed by atoms with E-state index in [1.807, 2.05) is 0 Å². The topological polar surface area (TPSA) is 136 Å². The summed E-state index contributed by atoms with van der Waals surface area (Å²) < 4.78 is 52.4. The molecule has 220 valence electrons. The molecule has 41 heavy (non-hydrogen) atoms. The summed E-state index contributed by atoms with van der Waals surface area (Å²) in [5, 5.41) is 5.66. The molecule has 1 N–H and O–H groups in total. The Morgan fingerprint density at radius 2 is 1.83 bits per heavy atom. The van der Waals surface area contributed by atoms with Crippen LogP contribution in [0.3, 0.4) is 0 Å². The molecule has 0 radical (unpaired) electrons. The summed E-state index contributed by atoms with van der Waals surface area (Å²) in [5.74, 6) is -1.49. The maximum Gasteiger partial charge on any atom is 0.409 e. The van der Waals surface area contributed by atoms with E-state index in [4.69, 9.17) is 14.6 Å². The molecule has 1 saturated carbocycles. The van der Waals surface area contributed by atoms with Crippen molar-refractivity contribution in [1.29, 1.82) is 0 Å². The fourth-order valence-corrected chi connectivity index (χ4v) is 5.88. The number of amides is 2. The average molecular weight is 589 g/mol. The van der Waals surface area contributed by atoms with Crippen molar-refractivity contribution in [1.82, 2.24) is 24.4 Å². The number of sulfonamides is 1. The van der Waals surface area contributed by atoms with Crippen molar-refractivity contribution in [3.8, 4) is 5.69 Å². The van der Waals surface area contributed by atoms with Crippen molar-refractivity contribution in [2.45, 2.75) is 32.1 Å². The third-order valence-electron chi connectivity index (χ3n) is 7.39. The molecule has 2 aliphatic rings. The monoisotopic (exact) mass is 588 g/mol. The summed E-state index contributed by atoms with van der Waals surface area (Å²) >= 11 is 0. The van der Waals surface area contributed by atoms with E-state index in [1.165, 1.54) is 19.2 Å². The van der Waals surface area contributed by atoms with Crippen molar-refractivity contribution >= 4 is 38.7 Å². The van der Waals surface area contributed by atoms with Gasteiger partial charge in [-0.1, -0.05) is 6.42 Å². The lowest BCUT2D eigenvalue weighted by atomic mass is 9.82. The molecule has 5 rings (SSSR count). The Morgan fingerprint density at radius 1 is 1.12 bits per heavy atom. The molecule has 1 aliphatic heterocycles. The van der Waals surface area contributed by atoms with E-state index in [0.717, 1.165) is 30.3 Å². The molecule has 1 aromatic carbocycles. The number of carbonyl (C=O) groups is 2.